The third kappa shape index (κ3) is 3.17. The van der Waals surface area contributed by atoms with E-state index < -0.39 is 12.7 Å². The van der Waals surface area contributed by atoms with Gasteiger partial charge >= 0.3 is 0 Å². The largest absolute Gasteiger partial charge is 0.388 e. The van der Waals surface area contributed by atoms with Crippen LogP contribution in [-0.2, 0) is 9.63 Å². The summed E-state index contributed by atoms with van der Waals surface area (Å²) in [6.07, 6.45) is -0.0741. The SMILES string of the molecule is CCC(ONS)C(=O)CO. The Bertz CT molecular complexity index is 109. The quantitative estimate of drug-likeness (QED) is 0.386. The summed E-state index contributed by atoms with van der Waals surface area (Å²) in [5.41, 5.74) is 0. The third-order valence-corrected chi connectivity index (χ3v) is 1.19. The molecule has 0 aromatic rings. The van der Waals surface area contributed by atoms with Gasteiger partial charge in [0.15, 0.2) is 5.78 Å². The lowest BCUT2D eigenvalue weighted by Crippen LogP contribution is -2.29. The van der Waals surface area contributed by atoms with Crippen molar-refractivity contribution in [2.75, 3.05) is 6.61 Å². The number of rotatable bonds is 5. The molecule has 0 saturated carbocycles. The molecule has 0 aliphatic carbocycles. The number of aliphatic hydroxyl groups is 1. The molecule has 4 nitrogen and oxygen atoms in total. The van der Waals surface area contributed by atoms with Crippen molar-refractivity contribution in [3.63, 3.8) is 0 Å². The van der Waals surface area contributed by atoms with Gasteiger partial charge in [-0.25, -0.2) is 0 Å². The number of ketones is 1. The summed E-state index contributed by atoms with van der Waals surface area (Å²) in [5.74, 6) is -0.343. The molecule has 0 fully saturated rings. The van der Waals surface area contributed by atoms with E-state index in [0.29, 0.717) is 6.42 Å². The summed E-state index contributed by atoms with van der Waals surface area (Å²) in [6.45, 7) is 1.29. The van der Waals surface area contributed by atoms with E-state index in [1.807, 2.05) is 0 Å². The van der Waals surface area contributed by atoms with E-state index in [4.69, 9.17) is 5.11 Å². The highest BCUT2D eigenvalue weighted by Gasteiger charge is 2.14. The third-order valence-electron chi connectivity index (χ3n) is 1.08. The Labute approximate surface area is 65.1 Å². The molecule has 0 aliphatic rings. The number of carbonyl (C=O) groups is 1. The van der Waals surface area contributed by atoms with Crippen LogP contribution in [0.3, 0.4) is 0 Å². The van der Waals surface area contributed by atoms with Crippen LogP contribution >= 0.6 is 12.8 Å². The van der Waals surface area contributed by atoms with Gasteiger partial charge in [-0.3, -0.25) is 9.63 Å². The molecule has 0 aliphatic heterocycles. The second-order valence-electron chi connectivity index (χ2n) is 1.73. The molecule has 1 atom stereocenters. The average Bonchev–Trinajstić information content (AvgIpc) is 1.99. The Morgan fingerprint density at radius 2 is 2.50 bits per heavy atom. The summed E-state index contributed by atoms with van der Waals surface area (Å²) < 4.78 is 0. The zero-order valence-electron chi connectivity index (χ0n) is 5.70. The van der Waals surface area contributed by atoms with Crippen LogP contribution in [0.4, 0.5) is 0 Å². The first-order valence-electron chi connectivity index (χ1n) is 2.94. The molecule has 5 heteroatoms. The summed E-state index contributed by atoms with van der Waals surface area (Å²) >= 11 is 3.54. The van der Waals surface area contributed by atoms with Crippen molar-refractivity contribution in [3.8, 4) is 0 Å². The minimum atomic E-state index is -0.595. The first-order chi connectivity index (χ1) is 4.76. The van der Waals surface area contributed by atoms with Crippen LogP contribution in [0, 0.1) is 0 Å². The van der Waals surface area contributed by atoms with Crippen LogP contribution in [0.1, 0.15) is 13.3 Å². The van der Waals surface area contributed by atoms with Crippen molar-refractivity contribution in [2.24, 2.45) is 0 Å². The molecule has 0 aromatic carbocycles. The van der Waals surface area contributed by atoms with Gasteiger partial charge in [-0.1, -0.05) is 19.7 Å². The first kappa shape index (κ1) is 9.90. The Morgan fingerprint density at radius 3 is 2.80 bits per heavy atom. The number of aliphatic hydroxyl groups excluding tert-OH is 1. The van der Waals surface area contributed by atoms with Crippen molar-refractivity contribution in [3.05, 3.63) is 0 Å². The van der Waals surface area contributed by atoms with Gasteiger partial charge in [0.05, 0.1) is 0 Å². The van der Waals surface area contributed by atoms with Gasteiger partial charge in [0.2, 0.25) is 0 Å². The fourth-order valence-electron chi connectivity index (χ4n) is 0.542. The van der Waals surface area contributed by atoms with Crippen molar-refractivity contribution < 1.29 is 14.7 Å². The van der Waals surface area contributed by atoms with Crippen LogP contribution in [0.2, 0.25) is 0 Å². The second kappa shape index (κ2) is 5.67. The lowest BCUT2D eigenvalue weighted by Gasteiger charge is -2.10. The van der Waals surface area contributed by atoms with Crippen molar-refractivity contribution in [1.29, 1.82) is 0 Å². The van der Waals surface area contributed by atoms with E-state index in [2.05, 4.69) is 22.5 Å². The molecule has 0 bridgehead atoms. The lowest BCUT2D eigenvalue weighted by atomic mass is 10.2. The van der Waals surface area contributed by atoms with Crippen LogP contribution in [0.15, 0.2) is 0 Å². The average molecular weight is 165 g/mol. The standard InChI is InChI=1S/C5H11NO3S/c1-2-5(9-6-10)4(8)3-7/h5-7,10H,2-3H2,1H3. The topological polar surface area (TPSA) is 58.6 Å². The molecule has 0 radical (unpaired) electrons. The monoisotopic (exact) mass is 165 g/mol. The maximum absolute atomic E-state index is 10.7. The van der Waals surface area contributed by atoms with Gasteiger partial charge < -0.3 is 5.11 Å². The molecular formula is C5H11NO3S. The minimum Gasteiger partial charge on any atom is -0.388 e. The number of hydrogen-bond donors (Lipinski definition) is 3. The van der Waals surface area contributed by atoms with Gasteiger partial charge in [0, 0.05) is 0 Å². The van der Waals surface area contributed by atoms with Crippen molar-refractivity contribution >= 4 is 18.6 Å². The van der Waals surface area contributed by atoms with Crippen LogP contribution in [-0.4, -0.2) is 23.6 Å². The number of Topliss-reactive ketones (excluding diaryl/α,β-unsaturated/α-hetero) is 1. The van der Waals surface area contributed by atoms with Gasteiger partial charge in [0.25, 0.3) is 0 Å². The Morgan fingerprint density at radius 1 is 1.90 bits per heavy atom. The molecule has 10 heavy (non-hydrogen) atoms. The maximum atomic E-state index is 10.7. The minimum absolute atomic E-state index is 0.343. The Balaban J connectivity index is 3.68. The predicted octanol–water partition coefficient (Wildman–Crippen LogP) is -0.308. The molecule has 0 aromatic heterocycles. The molecule has 0 amide bonds. The van der Waals surface area contributed by atoms with E-state index in [9.17, 15) is 4.79 Å². The molecule has 0 rings (SSSR count). The zero-order valence-corrected chi connectivity index (χ0v) is 6.60. The maximum Gasteiger partial charge on any atom is 0.188 e. The highest BCUT2D eigenvalue weighted by atomic mass is 32.1. The number of thiol groups is 1. The van der Waals surface area contributed by atoms with Gasteiger partial charge in [0.1, 0.15) is 12.7 Å². The van der Waals surface area contributed by atoms with E-state index in [-0.39, 0.29) is 5.78 Å². The van der Waals surface area contributed by atoms with E-state index in [1.165, 1.54) is 0 Å². The highest BCUT2D eigenvalue weighted by molar-refractivity contribution is 7.77. The first-order valence-corrected chi connectivity index (χ1v) is 3.39. The fourth-order valence-corrected chi connectivity index (χ4v) is 0.669. The van der Waals surface area contributed by atoms with E-state index in [0.717, 1.165) is 0 Å². The fraction of sp³-hybridized carbons (Fsp3) is 0.800. The summed E-state index contributed by atoms with van der Waals surface area (Å²) in [4.78, 5) is 17.4. The summed E-state index contributed by atoms with van der Waals surface area (Å²) in [5, 5.41) is 8.38. The number of carbonyl (C=O) groups excluding carboxylic acids is 1. The van der Waals surface area contributed by atoms with E-state index in [1.54, 1.807) is 6.92 Å². The molecule has 60 valence electrons. The van der Waals surface area contributed by atoms with Gasteiger partial charge in [-0.05, 0) is 6.42 Å². The Kier molecular flexibility index (Phi) is 5.61. The highest BCUT2D eigenvalue weighted by Crippen LogP contribution is 1.96. The lowest BCUT2D eigenvalue weighted by molar-refractivity contribution is -0.135. The summed E-state index contributed by atoms with van der Waals surface area (Å²) in [6, 6.07) is 0. The Hall–Kier alpha value is -0.100. The second-order valence-corrected chi connectivity index (χ2v) is 1.91. The van der Waals surface area contributed by atoms with Gasteiger partial charge in [-0.15, -0.1) is 4.89 Å². The summed E-state index contributed by atoms with van der Waals surface area (Å²) in [7, 11) is 0. The van der Waals surface area contributed by atoms with Crippen LogP contribution in [0.25, 0.3) is 0 Å². The molecule has 0 spiro atoms. The molecule has 0 heterocycles. The number of nitrogens with one attached hydrogen (secondary N) is 1. The molecule has 2 N–H and O–H groups in total. The molecular weight excluding hydrogens is 154 g/mol. The van der Waals surface area contributed by atoms with E-state index >= 15 is 0 Å². The normalized spacial score (nSPS) is 13.1. The molecule has 1 unspecified atom stereocenters. The number of hydrogen-bond acceptors (Lipinski definition) is 5. The van der Waals surface area contributed by atoms with Crippen LogP contribution in [0.5, 0.6) is 0 Å². The predicted molar refractivity (Wildman–Crippen MR) is 39.4 cm³/mol. The smallest absolute Gasteiger partial charge is 0.188 e. The van der Waals surface area contributed by atoms with Gasteiger partial charge in [-0.2, -0.15) is 0 Å². The molecule has 0 saturated heterocycles. The van der Waals surface area contributed by atoms with Crippen molar-refractivity contribution in [2.45, 2.75) is 19.4 Å². The zero-order chi connectivity index (χ0) is 7.98. The van der Waals surface area contributed by atoms with Crippen molar-refractivity contribution in [1.82, 2.24) is 4.89 Å². The van der Waals surface area contributed by atoms with Crippen LogP contribution < -0.4 is 4.89 Å².